The van der Waals surface area contributed by atoms with Crippen LogP contribution in [-0.2, 0) is 71.9 Å². The first-order valence-corrected chi connectivity index (χ1v) is 13.9. The average molecular weight is 723 g/mol. The molecular formula is C10H36B10MnN6O20. The van der Waals surface area contributed by atoms with Gasteiger partial charge in [0.2, 0.25) is 0 Å². The molecule has 26 nitrogen and oxygen atoms in total. The largest absolute Gasteiger partial charge is 2.00 e. The molecule has 0 aromatic rings. The van der Waals surface area contributed by atoms with Crippen LogP contribution in [0.2, 0.25) is 0 Å². The third-order valence-corrected chi connectivity index (χ3v) is 5.27. The van der Waals surface area contributed by atoms with Crippen molar-refractivity contribution in [2.75, 3.05) is 65.4 Å². The molecule has 0 aromatic carbocycles. The van der Waals surface area contributed by atoms with Crippen LogP contribution in [0.4, 0.5) is 0 Å². The molecule has 4 heterocycles. The number of hydrogen-bond acceptors (Lipinski definition) is 26. The van der Waals surface area contributed by atoms with Crippen molar-refractivity contribution in [3.8, 4) is 0 Å². The van der Waals surface area contributed by atoms with Gasteiger partial charge in [-0.15, -0.1) is 0 Å². The van der Waals surface area contributed by atoms with Crippen molar-refractivity contribution in [3.63, 3.8) is 0 Å². The van der Waals surface area contributed by atoms with Crippen LogP contribution in [0.5, 0.6) is 0 Å². The predicted molar refractivity (Wildman–Crippen MR) is 158 cm³/mol. The zero-order valence-electron chi connectivity index (χ0n) is 24.9. The fourth-order valence-corrected chi connectivity index (χ4v) is 3.41. The summed E-state index contributed by atoms with van der Waals surface area (Å²) in [4.78, 5) is 0. The van der Waals surface area contributed by atoms with Gasteiger partial charge in [-0.3, -0.25) is 0 Å². The molecule has 263 valence electrons. The van der Waals surface area contributed by atoms with Crippen molar-refractivity contribution >= 4 is 72.5 Å². The molecular weight excluding hydrogens is 687 g/mol. The van der Waals surface area contributed by atoms with E-state index in [1.165, 1.54) is 0 Å². The number of hydrogen-bond donors (Lipinski definition) is 14. The molecule has 2 spiro atoms. The van der Waals surface area contributed by atoms with Crippen molar-refractivity contribution in [3.05, 3.63) is 0 Å². The summed E-state index contributed by atoms with van der Waals surface area (Å²) in [6, 6.07) is 0. The van der Waals surface area contributed by atoms with Gasteiger partial charge in [-0.2, -0.15) is 0 Å². The maximum Gasteiger partial charge on any atom is 2.00 e. The molecule has 16 N–H and O–H groups in total. The summed E-state index contributed by atoms with van der Waals surface area (Å²) in [5.41, 5.74) is 10.7. The minimum atomic E-state index is -3.21. The molecule has 0 saturated carbocycles. The first kappa shape index (κ1) is 45.2. The van der Waals surface area contributed by atoms with Crippen LogP contribution < -0.4 is 32.7 Å². The van der Waals surface area contributed by atoms with Gasteiger partial charge in [-0.25, -0.2) is 0 Å². The van der Waals surface area contributed by atoms with Crippen molar-refractivity contribution in [2.24, 2.45) is 11.5 Å². The SMILES string of the molecule is NCCNCCNCCNCCNCCN.OB1OB(O)O[B-]2(O1)OB(O)OB(O)O2.OB1OB(O)O[B-]2(O1)OB(O)OB(O)O2.[Mn+2]. The fourth-order valence-electron chi connectivity index (χ4n) is 3.41. The van der Waals surface area contributed by atoms with E-state index in [4.69, 9.17) is 51.7 Å². The Morgan fingerprint density at radius 3 is 0.702 bits per heavy atom. The second-order valence-corrected chi connectivity index (χ2v) is 8.82. The Hall–Kier alpha value is 0.129. The van der Waals surface area contributed by atoms with Crippen molar-refractivity contribution < 1.29 is 112 Å². The van der Waals surface area contributed by atoms with Crippen LogP contribution >= 0.6 is 0 Å². The Bertz CT molecular complexity index is 670. The Morgan fingerprint density at radius 1 is 0.362 bits per heavy atom. The molecule has 37 heteroatoms. The van der Waals surface area contributed by atoms with Crippen LogP contribution in [-0.4, -0.2) is 178 Å². The van der Waals surface area contributed by atoms with E-state index in [2.05, 4.69) is 76.1 Å². The van der Waals surface area contributed by atoms with Crippen molar-refractivity contribution in [1.29, 1.82) is 0 Å². The molecule has 0 aromatic heterocycles. The number of nitrogens with one attached hydrogen (secondary N) is 4. The van der Waals surface area contributed by atoms with Gasteiger partial charge in [-0.05, 0) is 0 Å². The van der Waals surface area contributed by atoms with E-state index in [-0.39, 0.29) is 17.1 Å². The third-order valence-electron chi connectivity index (χ3n) is 5.27. The van der Waals surface area contributed by atoms with Crippen LogP contribution in [0, 0.1) is 0 Å². The minimum Gasteiger partial charge on any atom is -0.539 e. The molecule has 0 atom stereocenters. The van der Waals surface area contributed by atoms with Gasteiger partial charge in [0.15, 0.2) is 0 Å². The molecule has 4 fully saturated rings. The summed E-state index contributed by atoms with van der Waals surface area (Å²) in [5.74, 6) is 0. The summed E-state index contributed by atoms with van der Waals surface area (Å²) in [5, 5.41) is 84.6. The van der Waals surface area contributed by atoms with E-state index >= 15 is 0 Å². The topological polar surface area (TPSA) is 373 Å². The van der Waals surface area contributed by atoms with Crippen LogP contribution in [0.3, 0.4) is 0 Å². The quantitative estimate of drug-likeness (QED) is 0.0619. The van der Waals surface area contributed by atoms with Gasteiger partial charge >= 0.3 is 89.6 Å². The summed E-state index contributed by atoms with van der Waals surface area (Å²) in [7, 11) is -15.2. The predicted octanol–water partition coefficient (Wildman–Crippen LogP) is -11.8. The first-order valence-electron chi connectivity index (χ1n) is 13.9. The Morgan fingerprint density at radius 2 is 0.532 bits per heavy atom. The van der Waals surface area contributed by atoms with Crippen LogP contribution in [0.15, 0.2) is 0 Å². The molecule has 0 aliphatic carbocycles. The summed E-state index contributed by atoms with van der Waals surface area (Å²) < 4.78 is 52.8. The monoisotopic (exact) mass is 725 g/mol. The van der Waals surface area contributed by atoms with Gasteiger partial charge < -0.3 is 128 Å². The maximum atomic E-state index is 8.94. The molecule has 1 radical (unpaired) electrons. The number of rotatable bonds is 13. The smallest absolute Gasteiger partial charge is 0.539 e. The molecule has 4 saturated heterocycles. The summed E-state index contributed by atoms with van der Waals surface area (Å²) >= 11 is 0. The minimum absolute atomic E-state index is 0. The van der Waals surface area contributed by atoms with Crippen molar-refractivity contribution in [1.82, 2.24) is 21.3 Å². The Balaban J connectivity index is 0.000000349. The van der Waals surface area contributed by atoms with Crippen LogP contribution in [0.1, 0.15) is 0 Å². The fraction of sp³-hybridized carbons (Fsp3) is 1.00. The van der Waals surface area contributed by atoms with Gasteiger partial charge in [0.05, 0.1) is 0 Å². The first-order chi connectivity index (χ1) is 21.9. The van der Waals surface area contributed by atoms with E-state index in [9.17, 15) is 0 Å². The maximum absolute atomic E-state index is 8.94. The zero-order chi connectivity index (χ0) is 34.0. The van der Waals surface area contributed by atoms with E-state index in [1.807, 2.05) is 0 Å². The van der Waals surface area contributed by atoms with E-state index in [1.54, 1.807) is 0 Å². The standard InChI is InChI=1S/C10H28N6.2B5H4O10.Mn/c11-1-3-13-5-7-15-9-10-16-8-6-14-4-2-12;2*6-1-10-2(7)13-5(12-1)14-3(8)11-4(9)15-5;/h13-16H,1-12H2;2*6-9H;/q;2*-1;+2. The molecule has 47 heavy (non-hydrogen) atoms. The molecule has 4 aliphatic rings. The normalized spacial score (nSPS) is 20.6. The second kappa shape index (κ2) is 24.3. The summed E-state index contributed by atoms with van der Waals surface area (Å²) in [6.07, 6.45) is 0. The Kier molecular flexibility index (Phi) is 23.4. The third kappa shape index (κ3) is 18.8. The van der Waals surface area contributed by atoms with Crippen molar-refractivity contribution in [2.45, 2.75) is 0 Å². The number of nitrogens with two attached hydrogens (primary N) is 2. The molecule has 4 aliphatic heterocycles. The Labute approximate surface area is 282 Å². The van der Waals surface area contributed by atoms with Gasteiger partial charge in [-0.1, -0.05) is 0 Å². The molecule has 4 rings (SSSR count). The summed E-state index contributed by atoms with van der Waals surface area (Å²) in [6.45, 7) is 2.73. The molecule has 0 bridgehead atoms. The van der Waals surface area contributed by atoms with Gasteiger partial charge in [0.25, 0.3) is 0 Å². The molecule has 0 amide bonds. The van der Waals surface area contributed by atoms with E-state index < -0.39 is 72.5 Å². The molecule has 0 unspecified atom stereocenters. The second-order valence-electron chi connectivity index (χ2n) is 8.82. The van der Waals surface area contributed by atoms with E-state index in [0.29, 0.717) is 13.1 Å². The van der Waals surface area contributed by atoms with Crippen LogP contribution in [0.25, 0.3) is 0 Å². The van der Waals surface area contributed by atoms with E-state index in [0.717, 1.165) is 52.4 Å². The average Bonchev–Trinajstić information content (AvgIpc) is 2.91. The zero-order valence-corrected chi connectivity index (χ0v) is 26.0. The van der Waals surface area contributed by atoms with Gasteiger partial charge in [0.1, 0.15) is 0 Å². The van der Waals surface area contributed by atoms with Gasteiger partial charge in [0, 0.05) is 65.4 Å².